The van der Waals surface area contributed by atoms with Gasteiger partial charge in [-0.1, -0.05) is 0 Å². The molecule has 0 aliphatic carbocycles. The Labute approximate surface area is 77.8 Å². The van der Waals surface area contributed by atoms with Crippen LogP contribution in [0.3, 0.4) is 0 Å². The van der Waals surface area contributed by atoms with Crippen molar-refractivity contribution in [1.82, 2.24) is 4.90 Å². The molecule has 0 aromatic carbocycles. The molecule has 68 valence electrons. The van der Waals surface area contributed by atoms with Gasteiger partial charge in [0, 0.05) is 30.6 Å². The van der Waals surface area contributed by atoms with E-state index in [0.717, 1.165) is 12.0 Å². The maximum absolute atomic E-state index is 10.5. The van der Waals surface area contributed by atoms with E-state index in [1.807, 2.05) is 0 Å². The van der Waals surface area contributed by atoms with Crippen LogP contribution in [-0.2, 0) is 13.7 Å². The van der Waals surface area contributed by atoms with Crippen molar-refractivity contribution in [1.29, 1.82) is 0 Å². The third kappa shape index (κ3) is 1.05. The largest absolute Gasteiger partial charge is 0.346 e. The van der Waals surface area contributed by atoms with Crippen molar-refractivity contribution in [2.75, 3.05) is 13.2 Å². The summed E-state index contributed by atoms with van der Waals surface area (Å²) < 4.78 is 18.5. The van der Waals surface area contributed by atoms with Gasteiger partial charge in [-0.3, -0.25) is 8.98 Å². The van der Waals surface area contributed by atoms with Gasteiger partial charge in [0.1, 0.15) is 0 Å². The highest BCUT2D eigenvalue weighted by Crippen LogP contribution is 2.53. The average Bonchev–Trinajstić information content (AvgIpc) is 2.07. The molecule has 0 bridgehead atoms. The van der Waals surface area contributed by atoms with E-state index in [0.29, 0.717) is 31.6 Å². The van der Waals surface area contributed by atoms with Crippen LogP contribution >= 0.6 is 24.1 Å². The van der Waals surface area contributed by atoms with Crippen LogP contribution < -0.4 is 0 Å². The van der Waals surface area contributed by atoms with Crippen molar-refractivity contribution in [2.45, 2.75) is 10.5 Å². The van der Waals surface area contributed by atoms with Gasteiger partial charge in [-0.2, -0.15) is 0 Å². The summed E-state index contributed by atoms with van der Waals surface area (Å²) in [6.45, 7) is 0.941. The molecule has 2 fully saturated rings. The zero-order valence-corrected chi connectivity index (χ0v) is 7.64. The lowest BCUT2D eigenvalue weighted by molar-refractivity contribution is -0.163. The quantitative estimate of drug-likeness (QED) is 0.523. The van der Waals surface area contributed by atoms with Crippen LogP contribution in [0, 0.1) is 0 Å². The summed E-state index contributed by atoms with van der Waals surface area (Å²) in [5, 5.41) is 0. The van der Waals surface area contributed by atoms with Gasteiger partial charge in [0.15, 0.2) is 6.23 Å². The average molecular weight is 209 g/mol. The Morgan fingerprint density at radius 3 is 3.17 bits per heavy atom. The summed E-state index contributed by atoms with van der Waals surface area (Å²) in [7, 11) is 0. The highest BCUT2D eigenvalue weighted by Gasteiger charge is 2.58. The molecule has 2 heterocycles. The Kier molecular flexibility index (Phi) is 2.21. The second-order valence-corrected chi connectivity index (χ2v) is 4.43. The van der Waals surface area contributed by atoms with E-state index in [2.05, 4.69) is 0 Å². The standard InChI is InChI=1S/C5H7NO4S2/c7-3-6-1-2-9-5(11-8)4(6)10-12-5/h3-4,8H,1-2H2/t4-,5-/m0/s1. The molecule has 0 spiro atoms. The lowest BCUT2D eigenvalue weighted by Gasteiger charge is -2.50. The summed E-state index contributed by atoms with van der Waals surface area (Å²) in [4.78, 5) is 12.0. The van der Waals surface area contributed by atoms with E-state index >= 15 is 0 Å². The first-order valence-corrected chi connectivity index (χ1v) is 4.86. The molecular weight excluding hydrogens is 202 g/mol. The Hall–Kier alpha value is 0.0500. The number of carbonyl (C=O) groups excluding carboxylic acids is 1. The van der Waals surface area contributed by atoms with Gasteiger partial charge in [-0.25, -0.2) is 0 Å². The Bertz CT molecular complexity index is 200. The SMILES string of the molecule is O=CN1CCO[C@@]2(SO)SO[C@H]12. The lowest BCUT2D eigenvalue weighted by Crippen LogP contribution is -2.62. The number of hydrogen-bond donors (Lipinski definition) is 1. The molecule has 2 atom stereocenters. The minimum absolute atomic E-state index is 0.430. The van der Waals surface area contributed by atoms with E-state index < -0.39 is 10.5 Å². The number of carbonyl (C=O) groups is 1. The first-order chi connectivity index (χ1) is 5.82. The number of ether oxygens (including phenoxy) is 1. The van der Waals surface area contributed by atoms with E-state index in [1.165, 1.54) is 4.90 Å². The highest BCUT2D eigenvalue weighted by atomic mass is 32.2. The minimum Gasteiger partial charge on any atom is -0.346 e. The topological polar surface area (TPSA) is 59.0 Å². The van der Waals surface area contributed by atoms with Gasteiger partial charge in [0.05, 0.1) is 6.61 Å². The molecule has 2 saturated heterocycles. The zero-order chi connectivity index (χ0) is 8.60. The second kappa shape index (κ2) is 3.08. The summed E-state index contributed by atoms with van der Waals surface area (Å²) in [5.74, 6) is 0. The zero-order valence-electron chi connectivity index (χ0n) is 6.00. The van der Waals surface area contributed by atoms with E-state index in [9.17, 15) is 4.79 Å². The third-order valence-corrected chi connectivity index (χ3v) is 3.61. The fourth-order valence-corrected chi connectivity index (χ4v) is 2.56. The number of hydrogen-bond acceptors (Lipinski definition) is 6. The van der Waals surface area contributed by atoms with Crippen LogP contribution in [0.2, 0.25) is 0 Å². The van der Waals surface area contributed by atoms with Gasteiger partial charge in [-0.05, 0) is 0 Å². The van der Waals surface area contributed by atoms with Crippen molar-refractivity contribution in [2.24, 2.45) is 0 Å². The first kappa shape index (κ1) is 8.64. The van der Waals surface area contributed by atoms with Gasteiger partial charge >= 0.3 is 0 Å². The summed E-state index contributed by atoms with van der Waals surface area (Å²) in [6, 6.07) is 0. The molecule has 5 nitrogen and oxygen atoms in total. The summed E-state index contributed by atoms with van der Waals surface area (Å²) >= 11 is 1.62. The van der Waals surface area contributed by atoms with Crippen LogP contribution in [0.4, 0.5) is 0 Å². The van der Waals surface area contributed by atoms with Crippen LogP contribution in [0.15, 0.2) is 0 Å². The van der Waals surface area contributed by atoms with E-state index in [4.69, 9.17) is 13.5 Å². The number of nitrogens with zero attached hydrogens (tertiary/aromatic N) is 1. The van der Waals surface area contributed by atoms with Crippen molar-refractivity contribution >= 4 is 30.5 Å². The fraction of sp³-hybridized carbons (Fsp3) is 0.800. The molecule has 1 amide bonds. The van der Waals surface area contributed by atoms with Gasteiger partial charge in [0.2, 0.25) is 6.41 Å². The summed E-state index contributed by atoms with van der Waals surface area (Å²) in [6.07, 6.45) is 0.251. The smallest absolute Gasteiger partial charge is 0.257 e. The second-order valence-electron chi connectivity index (χ2n) is 2.42. The molecular formula is C5H7NO4S2. The monoisotopic (exact) mass is 209 g/mol. The number of rotatable bonds is 2. The lowest BCUT2D eigenvalue weighted by atomic mass is 10.4. The molecule has 12 heavy (non-hydrogen) atoms. The number of morpholine rings is 1. The molecule has 7 heteroatoms. The van der Waals surface area contributed by atoms with E-state index in [-0.39, 0.29) is 0 Å². The Balaban J connectivity index is 2.11. The minimum atomic E-state index is -0.806. The Morgan fingerprint density at radius 1 is 1.83 bits per heavy atom. The first-order valence-electron chi connectivity index (χ1n) is 3.34. The maximum atomic E-state index is 10.5. The molecule has 0 aromatic rings. The van der Waals surface area contributed by atoms with Crippen LogP contribution in [0.1, 0.15) is 0 Å². The van der Waals surface area contributed by atoms with E-state index in [1.54, 1.807) is 0 Å². The van der Waals surface area contributed by atoms with Crippen molar-refractivity contribution in [3.05, 3.63) is 0 Å². The molecule has 0 radical (unpaired) electrons. The van der Waals surface area contributed by atoms with Crippen molar-refractivity contribution in [3.8, 4) is 0 Å². The fourth-order valence-electron chi connectivity index (χ4n) is 1.13. The highest BCUT2D eigenvalue weighted by molar-refractivity contribution is 8.14. The van der Waals surface area contributed by atoms with Crippen LogP contribution in [0.5, 0.6) is 0 Å². The number of amides is 1. The molecule has 0 aromatic heterocycles. The van der Waals surface area contributed by atoms with Gasteiger partial charge in [0.25, 0.3) is 4.27 Å². The van der Waals surface area contributed by atoms with Crippen molar-refractivity contribution < 1.29 is 18.3 Å². The Morgan fingerprint density at radius 2 is 2.67 bits per heavy atom. The number of fused-ring (bicyclic) bond motifs is 1. The molecule has 2 aliphatic heterocycles. The maximum Gasteiger partial charge on any atom is 0.257 e. The van der Waals surface area contributed by atoms with Crippen LogP contribution in [-0.4, -0.2) is 39.5 Å². The molecule has 0 saturated carbocycles. The van der Waals surface area contributed by atoms with Gasteiger partial charge < -0.3 is 14.2 Å². The summed E-state index contributed by atoms with van der Waals surface area (Å²) in [5.41, 5.74) is 0. The third-order valence-electron chi connectivity index (χ3n) is 1.77. The predicted molar refractivity (Wildman–Crippen MR) is 44.1 cm³/mol. The van der Waals surface area contributed by atoms with Gasteiger partial charge in [-0.15, -0.1) is 0 Å². The normalized spacial score (nSPS) is 40.1. The molecule has 2 aliphatic rings. The molecule has 0 unspecified atom stereocenters. The molecule has 2 rings (SSSR count). The molecule has 1 N–H and O–H groups in total. The predicted octanol–water partition coefficient (Wildman–Crippen LogP) is 0.339. The van der Waals surface area contributed by atoms with Crippen molar-refractivity contribution in [3.63, 3.8) is 0 Å². The van der Waals surface area contributed by atoms with Crippen LogP contribution in [0.25, 0.3) is 0 Å².